The van der Waals surface area contributed by atoms with E-state index in [9.17, 15) is 29.4 Å². The van der Waals surface area contributed by atoms with Gasteiger partial charge in [0.15, 0.2) is 24.3 Å². The van der Waals surface area contributed by atoms with Crippen molar-refractivity contribution < 1.29 is 72.0 Å². The SMILES string of the molecule is CC[C@H]1OC(=O)[C@H](C)[C@@H](OC2CC(C)(OC)C(OC(C)=O)C(C)O2)[C@H](C)[C@@H](OC2OC(C)CC(C)C2O)[C@@](C)(OC)C[C@@H](C)C(=O)[C@H](C)[C@H]2N(CO)C(=O)O[C@]12C. The number of amides is 1. The minimum atomic E-state index is -1.52. The Hall–Kier alpha value is -2.44. The van der Waals surface area contributed by atoms with Gasteiger partial charge in [-0.2, -0.15) is 0 Å². The molecule has 0 bridgehead atoms. The molecule has 16 nitrogen and oxygen atoms in total. The van der Waals surface area contributed by atoms with Crippen molar-refractivity contribution in [3.05, 3.63) is 0 Å². The standard InChI is InChI=1S/C41H69NO15/c1-15-28-41(12)33(42(19-43)38(48)57-41)23(5)30(45)21(3)17-39(10,49-13)34(56-37-31(46)20(2)16-22(4)51-37)24(6)32(25(7)36(47)54-28)55-29-18-40(11,50-14)35(26(8)52-29)53-27(9)44/h20-26,28-29,31-35,37,43,46H,15-19H2,1-14H3/t20?,21-,22?,23+,24+,25-,26?,28-,29?,31?,32+,33-,34-,35?,37?,39+,40?,41-/m1/s1. The van der Waals surface area contributed by atoms with Gasteiger partial charge in [0.05, 0.1) is 42.0 Å². The third-order valence-corrected chi connectivity index (χ3v) is 13.2. The van der Waals surface area contributed by atoms with Crippen molar-refractivity contribution in [3.63, 3.8) is 0 Å². The number of ketones is 1. The molecule has 4 rings (SSSR count). The van der Waals surface area contributed by atoms with Crippen LogP contribution in [0.2, 0.25) is 0 Å². The van der Waals surface area contributed by atoms with Crippen molar-refractivity contribution in [1.29, 1.82) is 0 Å². The number of Topliss-reactive ketones (excluding diaryl/α,β-unsaturated/α-hetero) is 1. The summed E-state index contributed by atoms with van der Waals surface area (Å²) in [4.78, 5) is 55.5. The second-order valence-electron chi connectivity index (χ2n) is 17.6. The van der Waals surface area contributed by atoms with Crippen LogP contribution in [0, 0.1) is 29.6 Å². The van der Waals surface area contributed by atoms with Crippen LogP contribution >= 0.6 is 0 Å². The number of carbonyl (C=O) groups is 4. The maximum atomic E-state index is 14.6. The summed E-state index contributed by atoms with van der Waals surface area (Å²) in [5.74, 6) is -4.91. The molecule has 0 aliphatic carbocycles. The lowest BCUT2D eigenvalue weighted by atomic mass is 9.73. The number of aliphatic hydroxyl groups excluding tert-OH is 2. The lowest BCUT2D eigenvalue weighted by Gasteiger charge is -2.49. The van der Waals surface area contributed by atoms with Gasteiger partial charge < -0.3 is 52.8 Å². The third kappa shape index (κ3) is 9.48. The summed E-state index contributed by atoms with van der Waals surface area (Å²) in [7, 11) is 3.02. The zero-order valence-corrected chi connectivity index (χ0v) is 36.3. The minimum absolute atomic E-state index is 0.108. The molecule has 0 radical (unpaired) electrons. The molecule has 328 valence electrons. The van der Waals surface area contributed by atoms with E-state index in [0.29, 0.717) is 6.42 Å². The number of cyclic esters (lactones) is 1. The van der Waals surface area contributed by atoms with Crippen LogP contribution in [0.3, 0.4) is 0 Å². The molecule has 4 saturated heterocycles. The van der Waals surface area contributed by atoms with E-state index >= 15 is 0 Å². The largest absolute Gasteiger partial charge is 0.458 e. The van der Waals surface area contributed by atoms with Crippen molar-refractivity contribution in [2.75, 3.05) is 21.0 Å². The van der Waals surface area contributed by atoms with Crippen LogP contribution in [0.4, 0.5) is 4.79 Å². The van der Waals surface area contributed by atoms with Gasteiger partial charge in [0.1, 0.15) is 30.3 Å². The predicted molar refractivity (Wildman–Crippen MR) is 203 cm³/mol. The first-order valence-electron chi connectivity index (χ1n) is 20.4. The molecule has 18 atom stereocenters. The van der Waals surface area contributed by atoms with Gasteiger partial charge in [-0.25, -0.2) is 4.79 Å². The molecule has 2 N–H and O–H groups in total. The van der Waals surface area contributed by atoms with E-state index in [2.05, 4.69) is 0 Å². The molecule has 4 aliphatic rings. The zero-order chi connectivity index (χ0) is 42.9. The van der Waals surface area contributed by atoms with E-state index in [1.54, 1.807) is 55.4 Å². The Balaban J connectivity index is 1.88. The summed E-state index contributed by atoms with van der Waals surface area (Å²) in [5.41, 5.74) is -3.83. The summed E-state index contributed by atoms with van der Waals surface area (Å²) in [5, 5.41) is 21.8. The second-order valence-corrected chi connectivity index (χ2v) is 17.6. The number of carbonyl (C=O) groups excluding carboxylic acids is 4. The molecule has 0 saturated carbocycles. The maximum absolute atomic E-state index is 14.6. The molecule has 4 aliphatic heterocycles. The Morgan fingerprint density at radius 3 is 2.07 bits per heavy atom. The van der Waals surface area contributed by atoms with Gasteiger partial charge >= 0.3 is 18.0 Å². The summed E-state index contributed by atoms with van der Waals surface area (Å²) < 4.78 is 56.3. The van der Waals surface area contributed by atoms with E-state index in [-0.39, 0.29) is 37.1 Å². The quantitative estimate of drug-likeness (QED) is 0.249. The minimum Gasteiger partial charge on any atom is -0.458 e. The molecule has 0 aromatic carbocycles. The lowest BCUT2D eigenvalue weighted by Crippen LogP contribution is -2.61. The van der Waals surface area contributed by atoms with Crippen LogP contribution in [0.5, 0.6) is 0 Å². The highest BCUT2D eigenvalue weighted by atomic mass is 16.7. The number of fused-ring (bicyclic) bond motifs is 1. The van der Waals surface area contributed by atoms with Crippen molar-refractivity contribution in [2.24, 2.45) is 29.6 Å². The van der Waals surface area contributed by atoms with Gasteiger partial charge in [-0.3, -0.25) is 19.3 Å². The van der Waals surface area contributed by atoms with Gasteiger partial charge in [-0.05, 0) is 66.7 Å². The van der Waals surface area contributed by atoms with E-state index in [0.717, 1.165) is 4.90 Å². The number of hydrogen-bond acceptors (Lipinski definition) is 15. The average molecular weight is 816 g/mol. The first kappa shape index (κ1) is 47.2. The molecule has 1 amide bonds. The van der Waals surface area contributed by atoms with E-state index < -0.39 is 120 Å². The molecular formula is C41H69NO15. The highest BCUT2D eigenvalue weighted by molar-refractivity contribution is 5.85. The van der Waals surface area contributed by atoms with Crippen molar-refractivity contribution in [2.45, 2.75) is 187 Å². The van der Waals surface area contributed by atoms with Crippen LogP contribution < -0.4 is 0 Å². The number of methoxy groups -OCH3 is 2. The summed E-state index contributed by atoms with van der Waals surface area (Å²) in [6.07, 6.45) is -7.59. The van der Waals surface area contributed by atoms with E-state index in [1.165, 1.54) is 21.1 Å². The Morgan fingerprint density at radius 1 is 0.895 bits per heavy atom. The average Bonchev–Trinajstić information content (AvgIpc) is 3.42. The second kappa shape index (κ2) is 18.4. The zero-order valence-electron chi connectivity index (χ0n) is 36.3. The number of esters is 2. The smallest absolute Gasteiger partial charge is 0.412 e. The van der Waals surface area contributed by atoms with Crippen LogP contribution in [-0.2, 0) is 57.0 Å². The third-order valence-electron chi connectivity index (χ3n) is 13.2. The first-order valence-corrected chi connectivity index (χ1v) is 20.4. The Kier molecular flexibility index (Phi) is 15.3. The highest BCUT2D eigenvalue weighted by Gasteiger charge is 2.61. The van der Waals surface area contributed by atoms with E-state index in [1.807, 2.05) is 20.8 Å². The molecule has 0 aromatic rings. The van der Waals surface area contributed by atoms with E-state index in [4.69, 9.17) is 42.6 Å². The van der Waals surface area contributed by atoms with Crippen molar-refractivity contribution in [3.8, 4) is 0 Å². The molecule has 8 unspecified atom stereocenters. The molecular weight excluding hydrogens is 746 g/mol. The molecule has 4 heterocycles. The maximum Gasteiger partial charge on any atom is 0.412 e. The number of rotatable bonds is 9. The van der Waals surface area contributed by atoms with Crippen LogP contribution in [0.1, 0.15) is 109 Å². The van der Waals surface area contributed by atoms with Crippen LogP contribution in [0.25, 0.3) is 0 Å². The van der Waals surface area contributed by atoms with Gasteiger partial charge in [0.2, 0.25) is 0 Å². The fourth-order valence-corrected chi connectivity index (χ4v) is 9.92. The molecule has 57 heavy (non-hydrogen) atoms. The normalized spacial score (nSPS) is 46.4. The molecule has 16 heteroatoms. The fourth-order valence-electron chi connectivity index (χ4n) is 9.92. The summed E-state index contributed by atoms with van der Waals surface area (Å²) in [6, 6.07) is -0.990. The van der Waals surface area contributed by atoms with Gasteiger partial charge in [0, 0.05) is 45.3 Å². The first-order chi connectivity index (χ1) is 26.5. The number of nitrogens with zero attached hydrogens (tertiary/aromatic N) is 1. The highest BCUT2D eigenvalue weighted by Crippen LogP contribution is 2.45. The Morgan fingerprint density at radius 2 is 1.51 bits per heavy atom. The summed E-state index contributed by atoms with van der Waals surface area (Å²) in [6.45, 7) is 20.1. The molecule has 0 aromatic heterocycles. The van der Waals surface area contributed by atoms with Gasteiger partial charge in [0.25, 0.3) is 0 Å². The number of aliphatic hydroxyl groups is 2. The Bertz CT molecular complexity index is 1430. The monoisotopic (exact) mass is 815 g/mol. The fraction of sp³-hybridized carbons (Fsp3) is 0.902. The number of hydrogen-bond donors (Lipinski definition) is 2. The van der Waals surface area contributed by atoms with Crippen molar-refractivity contribution in [1.82, 2.24) is 4.90 Å². The predicted octanol–water partition coefficient (Wildman–Crippen LogP) is 4.13. The Labute approximate surface area is 337 Å². The lowest BCUT2D eigenvalue weighted by molar-refractivity contribution is -0.319. The van der Waals surface area contributed by atoms with Gasteiger partial charge in [-0.1, -0.05) is 34.6 Å². The van der Waals surface area contributed by atoms with Crippen molar-refractivity contribution >= 4 is 23.8 Å². The topological polar surface area (TPSA) is 195 Å². The van der Waals surface area contributed by atoms with Crippen LogP contribution in [-0.4, -0.2) is 138 Å². The summed E-state index contributed by atoms with van der Waals surface area (Å²) >= 11 is 0. The van der Waals surface area contributed by atoms with Gasteiger partial charge in [-0.15, -0.1) is 0 Å². The molecule has 4 fully saturated rings. The van der Waals surface area contributed by atoms with Crippen LogP contribution in [0.15, 0.2) is 0 Å². The molecule has 0 spiro atoms. The number of ether oxygens (including phenoxy) is 9.